The van der Waals surface area contributed by atoms with Crippen LogP contribution in [0.1, 0.15) is 19.8 Å². The molecule has 1 atom stereocenters. The summed E-state index contributed by atoms with van der Waals surface area (Å²) in [5, 5.41) is 0. The van der Waals surface area contributed by atoms with Crippen LogP contribution in [0, 0.1) is 5.92 Å². The second-order valence-electron chi connectivity index (χ2n) is 4.85. The van der Waals surface area contributed by atoms with Gasteiger partial charge in [0.2, 0.25) is 10.0 Å². The van der Waals surface area contributed by atoms with E-state index in [9.17, 15) is 8.42 Å². The molecule has 0 radical (unpaired) electrons. The molecule has 0 N–H and O–H groups in total. The largest absolute Gasteiger partial charge is 0.244 e. The predicted molar refractivity (Wildman–Crippen MR) is 84.0 cm³/mol. The molecule has 2 rings (SSSR count). The summed E-state index contributed by atoms with van der Waals surface area (Å²) in [5.74, 6) is 0.561. The third-order valence-corrected chi connectivity index (χ3v) is 7.26. The highest BCUT2D eigenvalue weighted by atomic mass is 79.9. The first-order valence-corrected chi connectivity index (χ1v) is 9.46. The Balaban J connectivity index is 2.17. The number of hydrogen-bond acceptors (Lipinski definition) is 2. The number of rotatable bonds is 3. The Kier molecular flexibility index (Phi) is 5.09. The minimum absolute atomic E-state index is 0.361. The van der Waals surface area contributed by atoms with E-state index in [1.165, 1.54) is 0 Å². The van der Waals surface area contributed by atoms with Gasteiger partial charge in [-0.25, -0.2) is 8.42 Å². The van der Waals surface area contributed by atoms with Gasteiger partial charge in [0.15, 0.2) is 0 Å². The van der Waals surface area contributed by atoms with Crippen molar-refractivity contribution in [2.45, 2.75) is 29.5 Å². The van der Waals surface area contributed by atoms with Crippen molar-refractivity contribution in [1.29, 1.82) is 0 Å². The first-order valence-electron chi connectivity index (χ1n) is 6.31. The summed E-state index contributed by atoms with van der Waals surface area (Å²) in [4.78, 5) is 0.807. The van der Waals surface area contributed by atoms with Gasteiger partial charge in [0, 0.05) is 22.4 Å². The SMILES string of the molecule is CC(Br)C1CCN(S(=O)(=O)c2ccccc2Br)CC1. The average molecular weight is 411 g/mol. The number of piperidine rings is 1. The number of benzene rings is 1. The van der Waals surface area contributed by atoms with Gasteiger partial charge in [-0.1, -0.05) is 35.0 Å². The molecule has 0 spiro atoms. The zero-order valence-corrected chi connectivity index (χ0v) is 14.7. The van der Waals surface area contributed by atoms with E-state index in [-0.39, 0.29) is 0 Å². The first kappa shape index (κ1) is 15.5. The second kappa shape index (κ2) is 6.24. The summed E-state index contributed by atoms with van der Waals surface area (Å²) >= 11 is 6.91. The van der Waals surface area contributed by atoms with Crippen molar-refractivity contribution < 1.29 is 8.42 Å². The highest BCUT2D eigenvalue weighted by molar-refractivity contribution is 9.10. The lowest BCUT2D eigenvalue weighted by Crippen LogP contribution is -2.40. The lowest BCUT2D eigenvalue weighted by molar-refractivity contribution is 0.274. The van der Waals surface area contributed by atoms with E-state index < -0.39 is 10.0 Å². The van der Waals surface area contributed by atoms with Gasteiger partial charge >= 0.3 is 0 Å². The van der Waals surface area contributed by atoms with Crippen LogP contribution in [0.4, 0.5) is 0 Å². The van der Waals surface area contributed by atoms with Crippen molar-refractivity contribution in [3.05, 3.63) is 28.7 Å². The van der Waals surface area contributed by atoms with Gasteiger partial charge in [-0.05, 0) is 46.8 Å². The Morgan fingerprint density at radius 1 is 1.26 bits per heavy atom. The molecule has 106 valence electrons. The first-order chi connectivity index (χ1) is 8.93. The zero-order chi connectivity index (χ0) is 14.0. The molecule has 0 aromatic heterocycles. The van der Waals surface area contributed by atoms with Crippen LogP contribution in [0.3, 0.4) is 0 Å². The minimum atomic E-state index is -3.37. The third-order valence-electron chi connectivity index (χ3n) is 3.60. The lowest BCUT2D eigenvalue weighted by atomic mass is 9.96. The highest BCUT2D eigenvalue weighted by Gasteiger charge is 2.31. The molecule has 0 saturated carbocycles. The fourth-order valence-corrected chi connectivity index (χ4v) is 5.33. The molecule has 6 heteroatoms. The summed E-state index contributed by atoms with van der Waals surface area (Å²) < 4.78 is 27.4. The van der Waals surface area contributed by atoms with Crippen LogP contribution >= 0.6 is 31.9 Å². The molecule has 0 amide bonds. The van der Waals surface area contributed by atoms with E-state index in [1.54, 1.807) is 22.5 Å². The molecule has 1 unspecified atom stereocenters. The second-order valence-corrected chi connectivity index (χ2v) is 9.05. The Morgan fingerprint density at radius 3 is 2.37 bits per heavy atom. The van der Waals surface area contributed by atoms with Gasteiger partial charge in [-0.3, -0.25) is 0 Å². The Bertz CT molecular complexity index is 537. The molecular weight excluding hydrogens is 394 g/mol. The van der Waals surface area contributed by atoms with Crippen molar-refractivity contribution in [1.82, 2.24) is 4.31 Å². The quantitative estimate of drug-likeness (QED) is 0.713. The van der Waals surface area contributed by atoms with Gasteiger partial charge in [-0.2, -0.15) is 4.31 Å². The zero-order valence-electron chi connectivity index (χ0n) is 10.7. The van der Waals surface area contributed by atoms with Crippen LogP contribution < -0.4 is 0 Å². The van der Waals surface area contributed by atoms with Gasteiger partial charge in [0.25, 0.3) is 0 Å². The summed E-state index contributed by atoms with van der Waals surface area (Å²) in [6, 6.07) is 6.99. The summed E-state index contributed by atoms with van der Waals surface area (Å²) in [5.41, 5.74) is 0. The summed E-state index contributed by atoms with van der Waals surface area (Å²) in [6.45, 7) is 3.33. The number of alkyl halides is 1. The fraction of sp³-hybridized carbons (Fsp3) is 0.538. The number of hydrogen-bond donors (Lipinski definition) is 0. The smallest absolute Gasteiger partial charge is 0.207 e. The van der Waals surface area contributed by atoms with Crippen LogP contribution in [-0.2, 0) is 10.0 Å². The van der Waals surface area contributed by atoms with E-state index in [0.29, 0.717) is 33.2 Å². The molecular formula is C13H17Br2NO2S. The number of nitrogens with zero attached hydrogens (tertiary/aromatic N) is 1. The maximum atomic E-state index is 12.6. The van der Waals surface area contributed by atoms with E-state index >= 15 is 0 Å². The molecule has 1 aromatic carbocycles. The molecule has 1 saturated heterocycles. The maximum Gasteiger partial charge on any atom is 0.244 e. The monoisotopic (exact) mass is 409 g/mol. The van der Waals surface area contributed by atoms with Crippen molar-refractivity contribution in [3.63, 3.8) is 0 Å². The van der Waals surface area contributed by atoms with Crippen LogP contribution in [0.15, 0.2) is 33.6 Å². The molecule has 1 fully saturated rings. The topological polar surface area (TPSA) is 37.4 Å². The molecule has 0 aliphatic carbocycles. The van der Waals surface area contributed by atoms with E-state index in [4.69, 9.17) is 0 Å². The molecule has 1 aromatic rings. The molecule has 1 heterocycles. The number of sulfonamides is 1. The van der Waals surface area contributed by atoms with E-state index in [2.05, 4.69) is 38.8 Å². The molecule has 0 bridgehead atoms. The van der Waals surface area contributed by atoms with Crippen LogP contribution in [0.2, 0.25) is 0 Å². The van der Waals surface area contributed by atoms with Crippen molar-refractivity contribution in [3.8, 4) is 0 Å². The fourth-order valence-electron chi connectivity index (χ4n) is 2.37. The van der Waals surface area contributed by atoms with Crippen LogP contribution in [0.5, 0.6) is 0 Å². The maximum absolute atomic E-state index is 12.6. The van der Waals surface area contributed by atoms with Gasteiger partial charge in [0.05, 0.1) is 4.90 Å². The Morgan fingerprint density at radius 2 is 1.84 bits per heavy atom. The Labute approximate surface area is 131 Å². The van der Waals surface area contributed by atoms with Crippen LogP contribution in [0.25, 0.3) is 0 Å². The van der Waals surface area contributed by atoms with Gasteiger partial charge in [0.1, 0.15) is 0 Å². The third kappa shape index (κ3) is 3.40. The number of halogens is 2. The molecule has 1 aliphatic rings. The van der Waals surface area contributed by atoms with Crippen molar-refractivity contribution in [2.24, 2.45) is 5.92 Å². The molecule has 1 aliphatic heterocycles. The van der Waals surface area contributed by atoms with Crippen molar-refractivity contribution >= 4 is 41.9 Å². The van der Waals surface area contributed by atoms with Gasteiger partial charge in [-0.15, -0.1) is 0 Å². The predicted octanol–water partition coefficient (Wildman–Crippen LogP) is 3.63. The summed E-state index contributed by atoms with van der Waals surface area (Å²) in [7, 11) is -3.37. The standard InChI is InChI=1S/C13H17Br2NO2S/c1-10(14)11-6-8-16(9-7-11)19(17,18)13-5-3-2-4-12(13)15/h2-5,10-11H,6-9H2,1H3. The average Bonchev–Trinajstić information content (AvgIpc) is 2.39. The minimum Gasteiger partial charge on any atom is -0.207 e. The summed E-state index contributed by atoms with van der Waals surface area (Å²) in [6.07, 6.45) is 1.83. The van der Waals surface area contributed by atoms with E-state index in [0.717, 1.165) is 12.8 Å². The molecule has 19 heavy (non-hydrogen) atoms. The Hall–Kier alpha value is 0.0900. The van der Waals surface area contributed by atoms with E-state index in [1.807, 2.05) is 6.07 Å². The van der Waals surface area contributed by atoms with Gasteiger partial charge < -0.3 is 0 Å². The van der Waals surface area contributed by atoms with Crippen molar-refractivity contribution in [2.75, 3.05) is 13.1 Å². The molecule has 3 nitrogen and oxygen atoms in total. The lowest BCUT2D eigenvalue weighted by Gasteiger charge is -2.32. The van der Waals surface area contributed by atoms with Crippen LogP contribution in [-0.4, -0.2) is 30.6 Å². The highest BCUT2D eigenvalue weighted by Crippen LogP contribution is 2.30. The normalized spacial score (nSPS) is 20.4.